The van der Waals surface area contributed by atoms with Crippen LogP contribution < -0.4 is 10.2 Å². The first-order valence-corrected chi connectivity index (χ1v) is 12.4. The van der Waals surface area contributed by atoms with E-state index in [0.29, 0.717) is 12.6 Å². The van der Waals surface area contributed by atoms with Gasteiger partial charge in [0.05, 0.1) is 24.2 Å². The van der Waals surface area contributed by atoms with Gasteiger partial charge in [-0.25, -0.2) is 9.78 Å². The van der Waals surface area contributed by atoms with Crippen LogP contribution in [0, 0.1) is 0 Å². The highest BCUT2D eigenvalue weighted by Gasteiger charge is 2.29. The molecule has 33 heavy (non-hydrogen) atoms. The van der Waals surface area contributed by atoms with E-state index in [4.69, 9.17) is 4.98 Å². The number of amides is 1. The lowest BCUT2D eigenvalue weighted by molar-refractivity contribution is 0.170. The molecule has 0 aliphatic carbocycles. The number of benzene rings is 1. The molecule has 0 atom stereocenters. The van der Waals surface area contributed by atoms with Crippen molar-refractivity contribution in [3.63, 3.8) is 0 Å². The van der Waals surface area contributed by atoms with Crippen LogP contribution in [0.2, 0.25) is 0 Å². The first-order valence-electron chi connectivity index (χ1n) is 11.6. The van der Waals surface area contributed by atoms with E-state index < -0.39 is 6.09 Å². The molecule has 0 unspecified atom stereocenters. The number of carbonyl (C=O) groups is 1. The number of anilines is 1. The Hall–Kier alpha value is -2.91. The van der Waals surface area contributed by atoms with E-state index in [9.17, 15) is 4.79 Å². The van der Waals surface area contributed by atoms with E-state index in [1.54, 1.807) is 11.3 Å². The Kier molecular flexibility index (Phi) is 6.59. The molecule has 9 heteroatoms. The number of methoxy groups -OCH3 is 1. The Morgan fingerprint density at radius 2 is 1.94 bits per heavy atom. The predicted octanol–water partition coefficient (Wildman–Crippen LogP) is 4.12. The highest BCUT2D eigenvalue weighted by Crippen LogP contribution is 2.40. The second kappa shape index (κ2) is 9.93. The van der Waals surface area contributed by atoms with Crippen molar-refractivity contribution in [3.05, 3.63) is 42.1 Å². The molecule has 4 heterocycles. The topological polar surface area (TPSA) is 86.4 Å². The minimum atomic E-state index is -0.461. The summed E-state index contributed by atoms with van der Waals surface area (Å²) >= 11 is 1.67. The van der Waals surface area contributed by atoms with Crippen LogP contribution in [0.25, 0.3) is 21.1 Å². The van der Waals surface area contributed by atoms with Gasteiger partial charge in [0.25, 0.3) is 0 Å². The number of aromatic amines is 1. The predicted molar refractivity (Wildman–Crippen MR) is 130 cm³/mol. The largest absolute Gasteiger partial charge is 0.453 e. The van der Waals surface area contributed by atoms with Gasteiger partial charge in [-0.3, -0.25) is 5.10 Å². The Balaban J connectivity index is 1.39. The van der Waals surface area contributed by atoms with Gasteiger partial charge < -0.3 is 19.9 Å². The van der Waals surface area contributed by atoms with Crippen LogP contribution in [0.1, 0.15) is 31.4 Å². The second-order valence-electron chi connectivity index (χ2n) is 8.62. The molecule has 174 valence electrons. The Labute approximate surface area is 198 Å². The smallest absolute Gasteiger partial charge is 0.407 e. The van der Waals surface area contributed by atoms with Crippen molar-refractivity contribution in [1.82, 2.24) is 25.4 Å². The quantitative estimate of drug-likeness (QED) is 0.568. The fraction of sp³-hybridized carbons (Fsp3) is 0.458. The molecule has 0 radical (unpaired) electrons. The standard InChI is InChI=1S/C24H30N6O2S/c1-32-24(31)25-16-18-15-20(28-27-18)21-22(26-23(33-21)17-7-3-2-4-8-17)30-13-9-19(10-14-30)29-11-5-6-12-29/h2-4,7-8,15,19H,5-6,9-14,16H2,1H3,(H,25,31)(H,27,28). The highest BCUT2D eigenvalue weighted by atomic mass is 32.1. The molecule has 2 aliphatic heterocycles. The molecule has 0 spiro atoms. The minimum absolute atomic E-state index is 0.334. The van der Waals surface area contributed by atoms with E-state index >= 15 is 0 Å². The lowest BCUT2D eigenvalue weighted by atomic mass is 10.0. The number of likely N-dealkylation sites (tertiary alicyclic amines) is 1. The molecule has 2 aliphatic rings. The van der Waals surface area contributed by atoms with Crippen molar-refractivity contribution < 1.29 is 9.53 Å². The van der Waals surface area contributed by atoms with Gasteiger partial charge in [-0.05, 0) is 44.8 Å². The summed E-state index contributed by atoms with van der Waals surface area (Å²) < 4.78 is 4.66. The molecule has 0 bridgehead atoms. The first-order chi connectivity index (χ1) is 16.2. The lowest BCUT2D eigenvalue weighted by Crippen LogP contribution is -2.44. The fourth-order valence-corrected chi connectivity index (χ4v) is 5.81. The molecular weight excluding hydrogens is 436 g/mol. The van der Waals surface area contributed by atoms with E-state index in [1.165, 1.54) is 45.9 Å². The molecule has 1 amide bonds. The summed E-state index contributed by atoms with van der Waals surface area (Å²) in [4.78, 5) is 22.7. The lowest BCUT2D eigenvalue weighted by Gasteiger charge is -2.37. The summed E-state index contributed by atoms with van der Waals surface area (Å²) in [5.41, 5.74) is 2.79. The number of piperidine rings is 1. The van der Waals surface area contributed by atoms with Crippen LogP contribution in [0.4, 0.5) is 10.6 Å². The number of rotatable bonds is 6. The summed E-state index contributed by atoms with van der Waals surface area (Å²) in [5.74, 6) is 1.01. The first kappa shape index (κ1) is 21.9. The van der Waals surface area contributed by atoms with Crippen LogP contribution in [0.3, 0.4) is 0 Å². The summed E-state index contributed by atoms with van der Waals surface area (Å²) in [6, 6.07) is 13.0. The van der Waals surface area contributed by atoms with Crippen molar-refractivity contribution >= 4 is 23.2 Å². The number of nitrogens with zero attached hydrogens (tertiary/aromatic N) is 4. The monoisotopic (exact) mass is 466 g/mol. The Bertz CT molecular complexity index is 1070. The van der Waals surface area contributed by atoms with E-state index in [-0.39, 0.29) is 0 Å². The number of ether oxygens (including phenoxy) is 1. The number of thiazole rings is 1. The van der Waals surface area contributed by atoms with Crippen LogP contribution in [-0.4, -0.2) is 65.5 Å². The number of nitrogens with one attached hydrogen (secondary N) is 2. The molecular formula is C24H30N6O2S. The number of hydrogen-bond acceptors (Lipinski definition) is 7. The number of alkyl carbamates (subject to hydrolysis) is 1. The number of H-pyrrole nitrogens is 1. The fourth-order valence-electron chi connectivity index (χ4n) is 4.76. The normalized spacial score (nSPS) is 17.4. The second-order valence-corrected chi connectivity index (χ2v) is 9.62. The maximum atomic E-state index is 11.4. The number of carbonyl (C=O) groups excluding carboxylic acids is 1. The number of hydrogen-bond donors (Lipinski definition) is 2. The highest BCUT2D eigenvalue weighted by molar-refractivity contribution is 7.19. The third-order valence-electron chi connectivity index (χ3n) is 6.52. The van der Waals surface area contributed by atoms with Gasteiger partial charge in [0.1, 0.15) is 16.5 Å². The van der Waals surface area contributed by atoms with Crippen LogP contribution in [-0.2, 0) is 11.3 Å². The minimum Gasteiger partial charge on any atom is -0.453 e. The summed E-state index contributed by atoms with van der Waals surface area (Å²) in [6.45, 7) is 4.85. The Morgan fingerprint density at radius 3 is 2.67 bits per heavy atom. The van der Waals surface area contributed by atoms with E-state index in [2.05, 4.69) is 42.2 Å². The van der Waals surface area contributed by atoms with Crippen molar-refractivity contribution in [2.75, 3.05) is 38.2 Å². The zero-order valence-corrected chi connectivity index (χ0v) is 19.7. The zero-order valence-electron chi connectivity index (χ0n) is 18.9. The van der Waals surface area contributed by atoms with Crippen LogP contribution in [0.15, 0.2) is 36.4 Å². The van der Waals surface area contributed by atoms with Crippen LogP contribution in [0.5, 0.6) is 0 Å². The van der Waals surface area contributed by atoms with Crippen molar-refractivity contribution in [3.8, 4) is 21.1 Å². The molecule has 2 fully saturated rings. The van der Waals surface area contributed by atoms with Gasteiger partial charge in [0.2, 0.25) is 0 Å². The maximum Gasteiger partial charge on any atom is 0.407 e. The Morgan fingerprint density at radius 1 is 1.18 bits per heavy atom. The summed E-state index contributed by atoms with van der Waals surface area (Å²) in [6.07, 6.45) is 4.56. The molecule has 0 saturated carbocycles. The third-order valence-corrected chi connectivity index (χ3v) is 7.64. The zero-order chi connectivity index (χ0) is 22.6. The summed E-state index contributed by atoms with van der Waals surface area (Å²) in [5, 5.41) is 11.3. The molecule has 2 aromatic heterocycles. The third kappa shape index (κ3) is 4.89. The van der Waals surface area contributed by atoms with Gasteiger partial charge in [-0.15, -0.1) is 11.3 Å². The molecule has 5 rings (SSSR count). The average molecular weight is 467 g/mol. The van der Waals surface area contributed by atoms with E-state index in [1.807, 2.05) is 24.3 Å². The molecule has 2 N–H and O–H groups in total. The van der Waals surface area contributed by atoms with Gasteiger partial charge in [-0.2, -0.15) is 5.10 Å². The summed E-state index contributed by atoms with van der Waals surface area (Å²) in [7, 11) is 1.36. The van der Waals surface area contributed by atoms with Crippen molar-refractivity contribution in [2.45, 2.75) is 38.3 Å². The SMILES string of the molecule is COC(=O)NCc1cc(-c2sc(-c3ccccc3)nc2N2CCC(N3CCCC3)CC2)n[nH]1. The number of aromatic nitrogens is 3. The van der Waals surface area contributed by atoms with Gasteiger partial charge in [0, 0.05) is 24.7 Å². The van der Waals surface area contributed by atoms with Crippen molar-refractivity contribution in [1.29, 1.82) is 0 Å². The average Bonchev–Trinajstić information content (AvgIpc) is 3.64. The molecule has 3 aromatic rings. The maximum absolute atomic E-state index is 11.4. The van der Waals surface area contributed by atoms with Gasteiger partial charge in [-0.1, -0.05) is 30.3 Å². The van der Waals surface area contributed by atoms with Crippen LogP contribution >= 0.6 is 11.3 Å². The molecule has 1 aromatic carbocycles. The molecule has 2 saturated heterocycles. The molecule has 8 nitrogen and oxygen atoms in total. The van der Waals surface area contributed by atoms with Crippen molar-refractivity contribution in [2.24, 2.45) is 0 Å². The van der Waals surface area contributed by atoms with E-state index in [0.717, 1.165) is 45.7 Å². The van der Waals surface area contributed by atoms with Gasteiger partial charge >= 0.3 is 6.09 Å². The van der Waals surface area contributed by atoms with Gasteiger partial charge in [0.15, 0.2) is 0 Å².